The van der Waals surface area contributed by atoms with Crippen LogP contribution in [-0.2, 0) is 10.8 Å². The van der Waals surface area contributed by atoms with E-state index in [9.17, 15) is 0 Å². The Kier molecular flexibility index (Phi) is 15.9. The second kappa shape index (κ2) is 23.4. The number of benzene rings is 9. The van der Waals surface area contributed by atoms with Gasteiger partial charge in [-0.1, -0.05) is 188 Å². The number of nitrogens with zero attached hydrogens (tertiary/aromatic N) is 4. The van der Waals surface area contributed by atoms with Crippen molar-refractivity contribution in [3.8, 4) is 61.8 Å². The topological polar surface area (TPSA) is 33.5 Å². The lowest BCUT2D eigenvalue weighted by molar-refractivity contribution is 0.381. The highest BCUT2D eigenvalue weighted by Crippen LogP contribution is 2.54. The highest BCUT2D eigenvalue weighted by Gasteiger charge is 2.37. The quantitative estimate of drug-likeness (QED) is 0.0654. The van der Waals surface area contributed by atoms with E-state index < -0.39 is 40.1 Å². The van der Waals surface area contributed by atoms with Gasteiger partial charge in [-0.2, -0.15) is 0 Å². The summed E-state index contributed by atoms with van der Waals surface area (Å²) >= 11 is 0. The van der Waals surface area contributed by atoms with E-state index in [4.69, 9.17) is 9.72 Å². The molecule has 10 heteroatoms. The molecule has 11 aromatic rings. The van der Waals surface area contributed by atoms with Crippen LogP contribution in [0.15, 0.2) is 176 Å². The van der Waals surface area contributed by atoms with Crippen molar-refractivity contribution in [2.75, 3.05) is 16.5 Å². The van der Waals surface area contributed by atoms with Gasteiger partial charge in [0.15, 0.2) is 23.3 Å². The summed E-state index contributed by atoms with van der Waals surface area (Å²) in [5, 5.41) is 2.12. The van der Waals surface area contributed by atoms with Gasteiger partial charge in [-0.05, 0) is 162 Å². The molecule has 0 amide bonds. The van der Waals surface area contributed by atoms with Gasteiger partial charge >= 0.3 is 0 Å². The fourth-order valence-corrected chi connectivity index (χ4v) is 12.8. The summed E-state index contributed by atoms with van der Waals surface area (Å²) in [6, 6.07) is 58.0. The predicted molar refractivity (Wildman–Crippen MR) is 362 cm³/mol. The molecule has 2 aromatic heterocycles. The van der Waals surface area contributed by atoms with E-state index in [0.717, 1.165) is 94.6 Å². The minimum atomic E-state index is -2.22. The Hall–Kier alpha value is -9.02. The van der Waals surface area contributed by atoms with Gasteiger partial charge < -0.3 is 14.5 Å². The van der Waals surface area contributed by atoms with Crippen molar-refractivity contribution in [1.82, 2.24) is 9.55 Å². The van der Waals surface area contributed by atoms with Gasteiger partial charge in [-0.3, -0.25) is 4.57 Å². The maximum Gasteiger partial charge on any atom is 0.200 e. The first-order chi connectivity index (χ1) is 42.8. The van der Waals surface area contributed by atoms with E-state index in [2.05, 4.69) is 195 Å². The van der Waals surface area contributed by atoms with Crippen molar-refractivity contribution < 1.29 is 26.7 Å². The van der Waals surface area contributed by atoms with Crippen LogP contribution in [0.4, 0.5) is 44.7 Å². The smallest absolute Gasteiger partial charge is 0.200 e. The summed E-state index contributed by atoms with van der Waals surface area (Å²) in [5.41, 5.74) is 14.2. The van der Waals surface area contributed by atoms with Gasteiger partial charge in [-0.25, -0.2) is 26.9 Å². The van der Waals surface area contributed by atoms with Crippen LogP contribution in [0.1, 0.15) is 154 Å². The number of aromatic nitrogens is 2. The Labute approximate surface area is 526 Å². The van der Waals surface area contributed by atoms with Gasteiger partial charge in [-0.15, -0.1) is 0 Å². The number of rotatable bonds is 13. The molecule has 1 aliphatic heterocycles. The largest absolute Gasteiger partial charge is 0.457 e. The predicted octanol–water partition coefficient (Wildman–Crippen LogP) is 23.7. The summed E-state index contributed by atoms with van der Waals surface area (Å²) in [5.74, 6) is -7.76. The molecule has 12 rings (SSSR count). The van der Waals surface area contributed by atoms with Gasteiger partial charge in [0, 0.05) is 45.9 Å². The lowest BCUT2D eigenvalue weighted by Gasteiger charge is -2.31. The zero-order valence-electron chi connectivity index (χ0n) is 53.8. The molecule has 458 valence electrons. The monoisotopic (exact) mass is 1200 g/mol. The molecule has 0 N–H and O–H groups in total. The number of halogens is 5. The Morgan fingerprint density at radius 1 is 0.422 bits per heavy atom. The highest BCUT2D eigenvalue weighted by atomic mass is 19.2. The molecule has 90 heavy (non-hydrogen) atoms. The molecular weight excluding hydrogens is 1130 g/mol. The molecule has 0 fully saturated rings. The zero-order valence-corrected chi connectivity index (χ0v) is 53.8. The molecule has 0 saturated heterocycles. The molecular formula is C80H77F5N4O. The lowest BCUT2D eigenvalue weighted by Crippen LogP contribution is -2.26. The van der Waals surface area contributed by atoms with Crippen molar-refractivity contribution in [1.29, 1.82) is 0 Å². The number of hydrogen-bond donors (Lipinski definition) is 0. The fourth-order valence-electron chi connectivity index (χ4n) is 12.8. The average Bonchev–Trinajstić information content (AvgIpc) is 1.54. The zero-order chi connectivity index (χ0) is 64.0. The minimum absolute atomic E-state index is 0.0567. The minimum Gasteiger partial charge on any atom is -0.457 e. The van der Waals surface area contributed by atoms with Crippen LogP contribution in [0.25, 0.3) is 72.1 Å². The van der Waals surface area contributed by atoms with E-state index in [1.165, 1.54) is 0 Å². The van der Waals surface area contributed by atoms with Gasteiger partial charge in [0.2, 0.25) is 5.82 Å². The first kappa shape index (κ1) is 61.2. The third-order valence-electron chi connectivity index (χ3n) is 17.9. The number of fused-ring (bicyclic) bond motifs is 4. The molecule has 0 aliphatic carbocycles. The molecule has 0 unspecified atom stereocenters. The normalized spacial score (nSPS) is 12.9. The van der Waals surface area contributed by atoms with Gasteiger partial charge in [0.25, 0.3) is 0 Å². The molecule has 5 nitrogen and oxygen atoms in total. The Morgan fingerprint density at radius 3 is 1.60 bits per heavy atom. The second-order valence-corrected chi connectivity index (χ2v) is 27.5. The van der Waals surface area contributed by atoms with E-state index in [-0.39, 0.29) is 47.0 Å². The maximum atomic E-state index is 17.0. The number of hydrogen-bond acceptors (Lipinski definition) is 4. The summed E-state index contributed by atoms with van der Waals surface area (Å²) < 4.78 is 90.4. The van der Waals surface area contributed by atoms with Crippen molar-refractivity contribution in [3.63, 3.8) is 0 Å². The van der Waals surface area contributed by atoms with Crippen LogP contribution in [0.3, 0.4) is 0 Å². The summed E-state index contributed by atoms with van der Waals surface area (Å²) in [6.07, 6.45) is 1.87. The van der Waals surface area contributed by atoms with Crippen LogP contribution in [0, 0.1) is 29.1 Å². The first-order valence-corrected chi connectivity index (χ1v) is 31.3. The number of pyridine rings is 1. The van der Waals surface area contributed by atoms with Crippen LogP contribution in [-0.4, -0.2) is 16.2 Å². The third-order valence-corrected chi connectivity index (χ3v) is 17.9. The molecule has 9 aromatic carbocycles. The molecule has 3 heterocycles. The van der Waals surface area contributed by atoms with Crippen molar-refractivity contribution in [2.24, 2.45) is 0 Å². The molecule has 1 aliphatic rings. The molecule has 0 bridgehead atoms. The maximum absolute atomic E-state index is 17.0. The highest BCUT2D eigenvalue weighted by molar-refractivity contribution is 6.09. The van der Waals surface area contributed by atoms with E-state index in [0.29, 0.717) is 28.3 Å². The first-order valence-electron chi connectivity index (χ1n) is 31.3. The van der Waals surface area contributed by atoms with Crippen LogP contribution in [0.5, 0.6) is 11.5 Å². The van der Waals surface area contributed by atoms with Crippen molar-refractivity contribution in [3.05, 3.63) is 239 Å². The standard InChI is InChI=1S/C80H77F5N4O/c1-45(2)50-32-51(46(3)4)34-53(33-50)64-39-56(80(12,13)14)40-65(72-73(81)75(83)77(85)76(84)74(72)82)78(64)88-44-87(67-26-20-21-27-68(67)88)57-35-54(71-62(47(5)6)37-52(38-63(71)48(7)8)49-22-16-15-17-23-49)36-59(42-57)90-58-28-29-61-60-24-18-19-25-66(60)89(69(61)43-58)70-41-55(30-31-86-70)79(9,10)11/h15-43,45-48H,44H2,1-14H3. The van der Waals surface area contributed by atoms with Gasteiger partial charge in [0.05, 0.1) is 33.7 Å². The van der Waals surface area contributed by atoms with Crippen LogP contribution in [0.2, 0.25) is 0 Å². The van der Waals surface area contributed by atoms with Crippen molar-refractivity contribution >= 4 is 44.6 Å². The SMILES string of the molecule is CC(C)c1cc(-c2cc(C(C)(C)C)cc(-c3c(F)c(F)c(F)c(F)c3F)c2N2CN(c3cc(Oc4ccc5c6ccccc6n(-c6cc(C(C)(C)C)ccn6)c5c4)cc(-c4c(C(C)C)cc(-c5ccccc5)cc4C(C)C)c3)c3ccccc32)cc(C(C)C)c1. The molecule has 0 spiro atoms. The van der Waals surface area contributed by atoms with E-state index >= 15 is 22.0 Å². The lowest BCUT2D eigenvalue weighted by atomic mass is 9.81. The summed E-state index contributed by atoms with van der Waals surface area (Å²) in [4.78, 5) is 9.07. The third kappa shape index (κ3) is 11.1. The van der Waals surface area contributed by atoms with E-state index in [1.807, 2.05) is 86.5 Å². The Balaban J connectivity index is 1.11. The van der Waals surface area contributed by atoms with Crippen LogP contribution >= 0.6 is 0 Å². The summed E-state index contributed by atoms with van der Waals surface area (Å²) in [6.45, 7) is 29.9. The number of anilines is 4. The van der Waals surface area contributed by atoms with Crippen molar-refractivity contribution in [2.45, 2.75) is 131 Å². The Morgan fingerprint density at radius 2 is 0.989 bits per heavy atom. The average molecular weight is 1210 g/mol. The Bertz CT molecular complexity index is 4520. The van der Waals surface area contributed by atoms with Gasteiger partial charge in [0.1, 0.15) is 24.0 Å². The van der Waals surface area contributed by atoms with Crippen LogP contribution < -0.4 is 14.5 Å². The van der Waals surface area contributed by atoms with E-state index in [1.54, 1.807) is 6.07 Å². The molecule has 0 radical (unpaired) electrons. The number of para-hydroxylation sites is 3. The second-order valence-electron chi connectivity index (χ2n) is 27.5. The molecule has 0 atom stereocenters. The number of ether oxygens (including phenoxy) is 1. The summed E-state index contributed by atoms with van der Waals surface area (Å²) in [7, 11) is 0. The molecule has 0 saturated carbocycles. The fraction of sp³-hybridized carbons (Fsp3) is 0.263.